The summed E-state index contributed by atoms with van der Waals surface area (Å²) in [7, 11) is 0. The molecule has 0 aliphatic rings. The van der Waals surface area contributed by atoms with Crippen LogP contribution in [0.5, 0.6) is 0 Å². The number of nitrogens with one attached hydrogen (secondary N) is 1. The average Bonchev–Trinajstić information content (AvgIpc) is 3.29. The monoisotopic (exact) mass is 904 g/mol. The number of esters is 1. The van der Waals surface area contributed by atoms with Crippen LogP contribution in [0.4, 0.5) is 0 Å². The molecule has 0 aliphatic heterocycles. The standard InChI is InChI=1S/C58H113NO5/c1-3-5-7-9-11-13-15-16-17-18-22-25-28-32-36-40-44-48-52-58(63)64-53-49-45-41-37-33-29-26-23-20-19-21-24-27-31-35-39-43-47-51-57(62)59-55(54-60)56(61)50-46-42-38-34-30-14-12-10-8-6-4-2/h21,24,55-56,60-61H,3-20,22-23,25-54H2,1-2H3,(H,59,62)/b24-21-. The van der Waals surface area contributed by atoms with Crippen molar-refractivity contribution in [1.29, 1.82) is 0 Å². The number of carbonyl (C=O) groups is 2. The van der Waals surface area contributed by atoms with E-state index >= 15 is 0 Å². The quantitative estimate of drug-likeness (QED) is 0.0321. The fourth-order valence-corrected chi connectivity index (χ4v) is 9.11. The predicted octanol–water partition coefficient (Wildman–Crippen LogP) is 17.7. The van der Waals surface area contributed by atoms with Gasteiger partial charge in [-0.3, -0.25) is 9.59 Å². The first-order valence-electron chi connectivity index (χ1n) is 28.9. The van der Waals surface area contributed by atoms with Crippen LogP contribution in [-0.4, -0.2) is 47.4 Å². The lowest BCUT2D eigenvalue weighted by Gasteiger charge is -2.22. The molecule has 3 N–H and O–H groups in total. The molecule has 0 bridgehead atoms. The number of hydrogen-bond acceptors (Lipinski definition) is 5. The lowest BCUT2D eigenvalue weighted by Crippen LogP contribution is -2.45. The second-order valence-electron chi connectivity index (χ2n) is 20.0. The molecule has 0 heterocycles. The number of unbranched alkanes of at least 4 members (excludes halogenated alkanes) is 41. The van der Waals surface area contributed by atoms with Gasteiger partial charge in [-0.2, -0.15) is 0 Å². The molecule has 0 rings (SSSR count). The molecule has 0 aromatic carbocycles. The Morgan fingerprint density at radius 2 is 0.734 bits per heavy atom. The largest absolute Gasteiger partial charge is 0.466 e. The highest BCUT2D eigenvalue weighted by molar-refractivity contribution is 5.76. The number of amides is 1. The minimum atomic E-state index is -0.670. The maximum absolute atomic E-state index is 12.4. The molecule has 0 aromatic rings. The Balaban J connectivity index is 3.40. The first-order chi connectivity index (χ1) is 31.5. The van der Waals surface area contributed by atoms with Crippen LogP contribution < -0.4 is 5.32 Å². The van der Waals surface area contributed by atoms with Crippen LogP contribution in [0.2, 0.25) is 0 Å². The van der Waals surface area contributed by atoms with Gasteiger partial charge in [-0.1, -0.05) is 270 Å². The summed E-state index contributed by atoms with van der Waals surface area (Å²) in [6, 6.07) is -0.549. The molecule has 1 amide bonds. The number of allylic oxidation sites excluding steroid dienone is 2. The maximum atomic E-state index is 12.4. The van der Waals surface area contributed by atoms with Gasteiger partial charge in [0.05, 0.1) is 25.4 Å². The van der Waals surface area contributed by atoms with Crippen molar-refractivity contribution in [2.24, 2.45) is 0 Å². The van der Waals surface area contributed by atoms with E-state index in [1.165, 1.54) is 238 Å². The van der Waals surface area contributed by atoms with E-state index in [1.807, 2.05) is 0 Å². The van der Waals surface area contributed by atoms with Crippen molar-refractivity contribution in [3.05, 3.63) is 12.2 Å². The number of rotatable bonds is 54. The molecule has 0 spiro atoms. The molecule has 0 aliphatic carbocycles. The van der Waals surface area contributed by atoms with Crippen LogP contribution in [0.1, 0.15) is 322 Å². The normalized spacial score (nSPS) is 12.6. The van der Waals surface area contributed by atoms with Gasteiger partial charge in [0.2, 0.25) is 5.91 Å². The lowest BCUT2D eigenvalue weighted by molar-refractivity contribution is -0.143. The van der Waals surface area contributed by atoms with Gasteiger partial charge >= 0.3 is 5.97 Å². The maximum Gasteiger partial charge on any atom is 0.305 e. The number of aliphatic hydroxyl groups excluding tert-OH is 2. The average molecular weight is 905 g/mol. The van der Waals surface area contributed by atoms with Crippen molar-refractivity contribution in [3.8, 4) is 0 Å². The summed E-state index contributed by atoms with van der Waals surface area (Å²) in [5, 5.41) is 23.2. The second kappa shape index (κ2) is 54.2. The van der Waals surface area contributed by atoms with E-state index in [9.17, 15) is 19.8 Å². The number of hydrogen-bond donors (Lipinski definition) is 3. The molecule has 0 aromatic heterocycles. The number of ether oxygens (including phenoxy) is 1. The highest BCUT2D eigenvalue weighted by atomic mass is 16.5. The number of carbonyl (C=O) groups excluding carboxylic acids is 2. The second-order valence-corrected chi connectivity index (χ2v) is 20.0. The van der Waals surface area contributed by atoms with Crippen LogP contribution >= 0.6 is 0 Å². The summed E-state index contributed by atoms with van der Waals surface area (Å²) < 4.78 is 5.49. The van der Waals surface area contributed by atoms with Crippen molar-refractivity contribution in [1.82, 2.24) is 5.32 Å². The fourth-order valence-electron chi connectivity index (χ4n) is 9.11. The predicted molar refractivity (Wildman–Crippen MR) is 278 cm³/mol. The van der Waals surface area contributed by atoms with E-state index in [0.29, 0.717) is 25.9 Å². The molecule has 0 radical (unpaired) electrons. The molecular formula is C58H113NO5. The Hall–Kier alpha value is -1.40. The van der Waals surface area contributed by atoms with Gasteiger partial charge in [-0.05, 0) is 51.4 Å². The molecule has 64 heavy (non-hydrogen) atoms. The van der Waals surface area contributed by atoms with Crippen molar-refractivity contribution >= 4 is 11.9 Å². The molecule has 6 heteroatoms. The summed E-state index contributed by atoms with van der Waals surface area (Å²) >= 11 is 0. The zero-order valence-electron chi connectivity index (χ0n) is 43.3. The van der Waals surface area contributed by atoms with E-state index in [0.717, 1.165) is 51.4 Å². The van der Waals surface area contributed by atoms with Crippen molar-refractivity contribution in [2.75, 3.05) is 13.2 Å². The zero-order valence-corrected chi connectivity index (χ0v) is 43.3. The summed E-state index contributed by atoms with van der Waals surface area (Å²) in [5.74, 6) is -0.0416. The van der Waals surface area contributed by atoms with E-state index in [-0.39, 0.29) is 18.5 Å². The van der Waals surface area contributed by atoms with Gasteiger partial charge in [0, 0.05) is 12.8 Å². The van der Waals surface area contributed by atoms with Gasteiger partial charge in [0.1, 0.15) is 0 Å². The van der Waals surface area contributed by atoms with E-state index in [2.05, 4.69) is 31.3 Å². The molecular weight excluding hydrogens is 791 g/mol. The third-order valence-electron chi connectivity index (χ3n) is 13.6. The smallest absolute Gasteiger partial charge is 0.305 e. The van der Waals surface area contributed by atoms with Crippen LogP contribution in [0, 0.1) is 0 Å². The highest BCUT2D eigenvalue weighted by Crippen LogP contribution is 2.17. The van der Waals surface area contributed by atoms with Crippen LogP contribution in [0.15, 0.2) is 12.2 Å². The highest BCUT2D eigenvalue weighted by Gasteiger charge is 2.20. The molecule has 6 nitrogen and oxygen atoms in total. The first kappa shape index (κ1) is 62.6. The topological polar surface area (TPSA) is 95.9 Å². The van der Waals surface area contributed by atoms with Gasteiger partial charge in [0.25, 0.3) is 0 Å². The van der Waals surface area contributed by atoms with Gasteiger partial charge in [0.15, 0.2) is 0 Å². The Labute approximate surface area is 399 Å². The number of aliphatic hydroxyl groups is 2. The fraction of sp³-hybridized carbons (Fsp3) is 0.931. The van der Waals surface area contributed by atoms with Crippen LogP contribution in [-0.2, 0) is 14.3 Å². The SMILES string of the molecule is CCCCCCCCCCCCCCCCCCCCC(=O)OCCCCCCCCCCC/C=C\CCCCCCCC(=O)NC(CO)C(O)CCCCCCCCCCCCC. The minimum Gasteiger partial charge on any atom is -0.466 e. The Bertz CT molecular complexity index is 955. The van der Waals surface area contributed by atoms with Crippen molar-refractivity contribution < 1.29 is 24.5 Å². The molecule has 2 unspecified atom stereocenters. The van der Waals surface area contributed by atoms with E-state index in [1.54, 1.807) is 0 Å². The van der Waals surface area contributed by atoms with Gasteiger partial charge < -0.3 is 20.3 Å². The Kier molecular flexibility index (Phi) is 53.0. The van der Waals surface area contributed by atoms with Gasteiger partial charge in [-0.15, -0.1) is 0 Å². The van der Waals surface area contributed by atoms with Crippen molar-refractivity contribution in [3.63, 3.8) is 0 Å². The summed E-state index contributed by atoms with van der Waals surface area (Å²) in [6.07, 6.45) is 63.5. The molecule has 0 fully saturated rings. The molecule has 0 saturated heterocycles. The van der Waals surface area contributed by atoms with Gasteiger partial charge in [-0.25, -0.2) is 0 Å². The third-order valence-corrected chi connectivity index (χ3v) is 13.6. The summed E-state index contributed by atoms with van der Waals surface area (Å²) in [4.78, 5) is 24.5. The zero-order chi connectivity index (χ0) is 46.5. The third kappa shape index (κ3) is 50.0. The Morgan fingerprint density at radius 3 is 1.11 bits per heavy atom. The summed E-state index contributed by atoms with van der Waals surface area (Å²) in [6.45, 7) is 4.95. The molecule has 380 valence electrons. The Morgan fingerprint density at radius 1 is 0.422 bits per heavy atom. The lowest BCUT2D eigenvalue weighted by atomic mass is 10.0. The summed E-state index contributed by atoms with van der Waals surface area (Å²) in [5.41, 5.74) is 0. The van der Waals surface area contributed by atoms with Crippen LogP contribution in [0.3, 0.4) is 0 Å². The molecule has 2 atom stereocenters. The van der Waals surface area contributed by atoms with Crippen molar-refractivity contribution in [2.45, 2.75) is 334 Å². The first-order valence-corrected chi connectivity index (χ1v) is 28.9. The molecule has 0 saturated carbocycles. The van der Waals surface area contributed by atoms with E-state index < -0.39 is 12.1 Å². The van der Waals surface area contributed by atoms with E-state index in [4.69, 9.17) is 4.74 Å². The minimum absolute atomic E-state index is 0.00767. The van der Waals surface area contributed by atoms with Crippen LogP contribution in [0.25, 0.3) is 0 Å².